The minimum atomic E-state index is -3.78. The standard InChI is InChI=1S/C22H29N3O4S/c1-22(2)19-14-18(7-8-20(19)24(4)21(22)26)30(27,28)25(15-17-6-5-13-29-17)16-9-11-23(3)12-10-16/h5-8,13-14,16H,9-12,15H2,1-4H3. The molecule has 1 fully saturated rings. The Morgan fingerprint density at radius 3 is 2.50 bits per heavy atom. The Kier molecular flexibility index (Phi) is 5.28. The van der Waals surface area contributed by atoms with Crippen molar-refractivity contribution in [1.82, 2.24) is 9.21 Å². The fourth-order valence-electron chi connectivity index (χ4n) is 4.50. The van der Waals surface area contributed by atoms with E-state index in [4.69, 9.17) is 4.42 Å². The summed E-state index contributed by atoms with van der Waals surface area (Å²) in [6.45, 7) is 5.58. The molecule has 2 aliphatic heterocycles. The molecule has 0 aliphatic carbocycles. The van der Waals surface area contributed by atoms with E-state index in [0.717, 1.165) is 37.2 Å². The van der Waals surface area contributed by atoms with Crippen molar-refractivity contribution in [2.75, 3.05) is 32.1 Å². The second-order valence-electron chi connectivity index (χ2n) is 8.83. The van der Waals surface area contributed by atoms with Crippen LogP contribution in [-0.2, 0) is 26.8 Å². The molecule has 2 aliphatic rings. The van der Waals surface area contributed by atoms with E-state index in [1.165, 1.54) is 0 Å². The molecule has 0 atom stereocenters. The number of benzene rings is 1. The molecule has 1 aromatic heterocycles. The molecule has 0 saturated carbocycles. The normalized spacial score (nSPS) is 20.2. The lowest BCUT2D eigenvalue weighted by molar-refractivity contribution is -0.121. The Bertz CT molecular complexity index is 1040. The summed E-state index contributed by atoms with van der Waals surface area (Å²) in [5.41, 5.74) is 0.757. The van der Waals surface area contributed by atoms with E-state index < -0.39 is 15.4 Å². The molecular weight excluding hydrogens is 402 g/mol. The fraction of sp³-hybridized carbons (Fsp3) is 0.500. The van der Waals surface area contributed by atoms with Gasteiger partial charge in [-0.15, -0.1) is 0 Å². The summed E-state index contributed by atoms with van der Waals surface area (Å²) in [5, 5.41) is 0. The molecule has 1 amide bonds. The Morgan fingerprint density at radius 2 is 1.87 bits per heavy atom. The summed E-state index contributed by atoms with van der Waals surface area (Å²) >= 11 is 0. The summed E-state index contributed by atoms with van der Waals surface area (Å²) in [6, 6.07) is 8.51. The van der Waals surface area contributed by atoms with Crippen molar-refractivity contribution in [3.8, 4) is 0 Å². The molecule has 3 heterocycles. The molecule has 0 unspecified atom stereocenters. The molecule has 0 radical (unpaired) electrons. The van der Waals surface area contributed by atoms with Crippen molar-refractivity contribution < 1.29 is 17.6 Å². The van der Waals surface area contributed by atoms with Crippen LogP contribution in [0.5, 0.6) is 0 Å². The van der Waals surface area contributed by atoms with Crippen LogP contribution >= 0.6 is 0 Å². The van der Waals surface area contributed by atoms with Crippen molar-refractivity contribution in [2.45, 2.75) is 49.6 Å². The maximum absolute atomic E-state index is 13.8. The highest BCUT2D eigenvalue weighted by Crippen LogP contribution is 2.42. The third kappa shape index (κ3) is 3.46. The van der Waals surface area contributed by atoms with Crippen LogP contribution in [0.2, 0.25) is 0 Å². The van der Waals surface area contributed by atoms with Gasteiger partial charge in [0.1, 0.15) is 5.76 Å². The summed E-state index contributed by atoms with van der Waals surface area (Å²) in [7, 11) is 0.00528. The van der Waals surface area contributed by atoms with Gasteiger partial charge in [-0.3, -0.25) is 4.79 Å². The van der Waals surface area contributed by atoms with Crippen LogP contribution in [0.3, 0.4) is 0 Å². The molecule has 1 aromatic carbocycles. The topological polar surface area (TPSA) is 74.1 Å². The predicted molar refractivity (Wildman–Crippen MR) is 115 cm³/mol. The van der Waals surface area contributed by atoms with Crippen LogP contribution in [0.25, 0.3) is 0 Å². The summed E-state index contributed by atoms with van der Waals surface area (Å²) < 4.78 is 34.6. The van der Waals surface area contributed by atoms with Gasteiger partial charge in [-0.05, 0) is 82.7 Å². The zero-order valence-electron chi connectivity index (χ0n) is 18.0. The van der Waals surface area contributed by atoms with Gasteiger partial charge < -0.3 is 14.2 Å². The lowest BCUT2D eigenvalue weighted by Gasteiger charge is -2.36. The third-order valence-electron chi connectivity index (χ3n) is 6.44. The summed E-state index contributed by atoms with van der Waals surface area (Å²) in [4.78, 5) is 16.7. The molecule has 0 spiro atoms. The number of likely N-dealkylation sites (tertiary alicyclic amines) is 1. The molecule has 4 rings (SSSR count). The zero-order valence-corrected chi connectivity index (χ0v) is 18.8. The van der Waals surface area contributed by atoms with Crippen LogP contribution in [0, 0.1) is 0 Å². The zero-order chi connectivity index (χ0) is 21.7. The average molecular weight is 432 g/mol. The van der Waals surface area contributed by atoms with E-state index in [1.54, 1.807) is 52.8 Å². The van der Waals surface area contributed by atoms with Crippen LogP contribution in [0.4, 0.5) is 5.69 Å². The minimum Gasteiger partial charge on any atom is -0.468 e. The van der Waals surface area contributed by atoms with Gasteiger partial charge in [0, 0.05) is 18.8 Å². The lowest BCUT2D eigenvalue weighted by Crippen LogP contribution is -2.46. The number of hydrogen-bond acceptors (Lipinski definition) is 5. The number of hydrogen-bond donors (Lipinski definition) is 0. The number of amides is 1. The van der Waals surface area contributed by atoms with Gasteiger partial charge >= 0.3 is 0 Å². The second kappa shape index (κ2) is 7.51. The van der Waals surface area contributed by atoms with E-state index >= 15 is 0 Å². The fourth-order valence-corrected chi connectivity index (χ4v) is 6.18. The summed E-state index contributed by atoms with van der Waals surface area (Å²) in [5.74, 6) is 0.587. The van der Waals surface area contributed by atoms with Gasteiger partial charge in [-0.2, -0.15) is 4.31 Å². The average Bonchev–Trinajstić information content (AvgIpc) is 3.29. The third-order valence-corrected chi connectivity index (χ3v) is 8.33. The van der Waals surface area contributed by atoms with E-state index in [-0.39, 0.29) is 23.4 Å². The first-order chi connectivity index (χ1) is 14.1. The van der Waals surface area contributed by atoms with Crippen molar-refractivity contribution >= 4 is 21.6 Å². The van der Waals surface area contributed by atoms with Gasteiger partial charge in [-0.25, -0.2) is 8.42 Å². The number of nitrogens with zero attached hydrogens (tertiary/aromatic N) is 3. The van der Waals surface area contributed by atoms with Crippen molar-refractivity contribution in [2.24, 2.45) is 0 Å². The Balaban J connectivity index is 1.74. The molecule has 2 aromatic rings. The molecule has 1 saturated heterocycles. The van der Waals surface area contributed by atoms with Crippen LogP contribution in [-0.4, -0.2) is 56.8 Å². The molecule has 162 valence electrons. The molecule has 0 bridgehead atoms. The highest BCUT2D eigenvalue weighted by atomic mass is 32.2. The van der Waals surface area contributed by atoms with Crippen molar-refractivity contribution in [3.05, 3.63) is 47.9 Å². The first-order valence-corrected chi connectivity index (χ1v) is 11.7. The van der Waals surface area contributed by atoms with Gasteiger partial charge in [0.2, 0.25) is 15.9 Å². The van der Waals surface area contributed by atoms with Gasteiger partial charge in [0.05, 0.1) is 23.1 Å². The second-order valence-corrected chi connectivity index (χ2v) is 10.7. The number of piperidine rings is 1. The number of rotatable bonds is 5. The molecule has 0 N–H and O–H groups in total. The predicted octanol–water partition coefficient (Wildman–Crippen LogP) is 2.82. The monoisotopic (exact) mass is 431 g/mol. The molecule has 8 heteroatoms. The maximum Gasteiger partial charge on any atom is 0.243 e. The Labute approximate surface area is 178 Å². The number of anilines is 1. The molecule has 7 nitrogen and oxygen atoms in total. The number of sulfonamides is 1. The van der Waals surface area contributed by atoms with E-state index in [2.05, 4.69) is 11.9 Å². The number of likely N-dealkylation sites (N-methyl/N-ethyl adjacent to an activating group) is 1. The Morgan fingerprint density at radius 1 is 1.17 bits per heavy atom. The minimum absolute atomic E-state index is 0.0326. The SMILES string of the molecule is CN1CCC(N(Cc2ccco2)S(=O)(=O)c2ccc3c(c2)C(C)(C)C(=O)N3C)CC1. The highest BCUT2D eigenvalue weighted by Gasteiger charge is 2.43. The van der Waals surface area contributed by atoms with Crippen molar-refractivity contribution in [1.29, 1.82) is 0 Å². The number of carbonyl (C=O) groups excluding carboxylic acids is 1. The van der Waals surface area contributed by atoms with Gasteiger partial charge in [0.25, 0.3) is 0 Å². The Hall–Kier alpha value is -2.16. The van der Waals surface area contributed by atoms with Gasteiger partial charge in [0.15, 0.2) is 0 Å². The molecular formula is C22H29N3O4S. The van der Waals surface area contributed by atoms with Crippen LogP contribution in [0.15, 0.2) is 45.9 Å². The van der Waals surface area contributed by atoms with Crippen LogP contribution < -0.4 is 4.90 Å². The maximum atomic E-state index is 13.8. The van der Waals surface area contributed by atoms with E-state index in [0.29, 0.717) is 5.76 Å². The summed E-state index contributed by atoms with van der Waals surface area (Å²) in [6.07, 6.45) is 3.11. The quantitative estimate of drug-likeness (QED) is 0.728. The number of carbonyl (C=O) groups is 1. The first kappa shape index (κ1) is 21.1. The largest absolute Gasteiger partial charge is 0.468 e. The smallest absolute Gasteiger partial charge is 0.243 e. The van der Waals surface area contributed by atoms with E-state index in [1.807, 2.05) is 13.8 Å². The highest BCUT2D eigenvalue weighted by molar-refractivity contribution is 7.89. The first-order valence-electron chi connectivity index (χ1n) is 10.3. The lowest BCUT2D eigenvalue weighted by atomic mass is 9.86. The number of fused-ring (bicyclic) bond motifs is 1. The molecule has 30 heavy (non-hydrogen) atoms. The van der Waals surface area contributed by atoms with Gasteiger partial charge in [-0.1, -0.05) is 0 Å². The number of furan rings is 1. The van der Waals surface area contributed by atoms with E-state index in [9.17, 15) is 13.2 Å². The van der Waals surface area contributed by atoms with Crippen molar-refractivity contribution in [3.63, 3.8) is 0 Å². The van der Waals surface area contributed by atoms with Crippen LogP contribution in [0.1, 0.15) is 38.0 Å².